The van der Waals surface area contributed by atoms with E-state index in [4.69, 9.17) is 0 Å². The fourth-order valence-electron chi connectivity index (χ4n) is 3.06. The summed E-state index contributed by atoms with van der Waals surface area (Å²) in [5, 5.41) is 18.5. The van der Waals surface area contributed by atoms with Gasteiger partial charge >= 0.3 is 0 Å². The number of rotatable bonds is 4. The molecule has 0 amide bonds. The van der Waals surface area contributed by atoms with E-state index in [1.54, 1.807) is 0 Å². The van der Waals surface area contributed by atoms with Crippen LogP contribution < -0.4 is 5.32 Å². The van der Waals surface area contributed by atoms with Gasteiger partial charge in [-0.2, -0.15) is 5.10 Å². The summed E-state index contributed by atoms with van der Waals surface area (Å²) < 4.78 is 1.85. The van der Waals surface area contributed by atoms with Crippen molar-refractivity contribution in [1.29, 1.82) is 0 Å². The summed E-state index contributed by atoms with van der Waals surface area (Å²) in [4.78, 5) is 0. The summed E-state index contributed by atoms with van der Waals surface area (Å²) in [6.07, 6.45) is 8.75. The summed E-state index contributed by atoms with van der Waals surface area (Å²) in [7, 11) is 1.95. The van der Waals surface area contributed by atoms with Crippen molar-refractivity contribution in [3.05, 3.63) is 17.5 Å². The van der Waals surface area contributed by atoms with Crippen molar-refractivity contribution in [1.82, 2.24) is 15.1 Å². The smallest absolute Gasteiger partial charge is 0.0771 e. The van der Waals surface area contributed by atoms with E-state index in [0.29, 0.717) is 6.54 Å². The Morgan fingerprint density at radius 3 is 2.53 bits per heavy atom. The fraction of sp³-hybridized carbons (Fsp3) is 0.800. The molecule has 0 aromatic carbocycles. The highest BCUT2D eigenvalue weighted by molar-refractivity contribution is 5.19. The highest BCUT2D eigenvalue weighted by atomic mass is 16.3. The maximum atomic E-state index is 10.6. The van der Waals surface area contributed by atoms with Crippen LogP contribution in [-0.2, 0) is 7.05 Å². The Bertz CT molecular complexity index is 406. The van der Waals surface area contributed by atoms with Gasteiger partial charge < -0.3 is 10.4 Å². The number of nitrogens with one attached hydrogen (secondary N) is 1. The highest BCUT2D eigenvalue weighted by Gasteiger charge is 2.28. The Morgan fingerprint density at radius 2 is 2.00 bits per heavy atom. The van der Waals surface area contributed by atoms with Crippen LogP contribution >= 0.6 is 0 Å². The highest BCUT2D eigenvalue weighted by Crippen LogP contribution is 2.27. The van der Waals surface area contributed by atoms with Crippen LogP contribution in [0.2, 0.25) is 0 Å². The first-order valence-electron chi connectivity index (χ1n) is 7.46. The Kier molecular flexibility index (Phi) is 4.63. The quantitative estimate of drug-likeness (QED) is 0.822. The van der Waals surface area contributed by atoms with Crippen molar-refractivity contribution in [2.45, 2.75) is 64.0 Å². The molecule has 0 aliphatic heterocycles. The molecule has 1 aliphatic rings. The van der Waals surface area contributed by atoms with E-state index in [2.05, 4.69) is 23.5 Å². The van der Waals surface area contributed by atoms with E-state index >= 15 is 0 Å². The number of aliphatic hydroxyl groups is 1. The SMILES string of the molecule is Cc1nn(C)cc1C(C)NCC1(O)CCCCCC1. The van der Waals surface area contributed by atoms with Gasteiger partial charge in [-0.3, -0.25) is 4.68 Å². The van der Waals surface area contributed by atoms with Crippen LogP contribution in [0.1, 0.15) is 62.7 Å². The lowest BCUT2D eigenvalue weighted by molar-refractivity contribution is 0.0231. The molecule has 0 bridgehead atoms. The Labute approximate surface area is 116 Å². The maximum Gasteiger partial charge on any atom is 0.0771 e. The van der Waals surface area contributed by atoms with E-state index in [0.717, 1.165) is 31.4 Å². The Balaban J connectivity index is 1.92. The number of aromatic nitrogens is 2. The Morgan fingerprint density at radius 1 is 1.37 bits per heavy atom. The summed E-state index contributed by atoms with van der Waals surface area (Å²) in [6.45, 7) is 4.86. The third-order valence-electron chi connectivity index (χ3n) is 4.29. The molecule has 108 valence electrons. The van der Waals surface area contributed by atoms with Gasteiger partial charge in [-0.15, -0.1) is 0 Å². The van der Waals surface area contributed by atoms with Gasteiger partial charge in [0, 0.05) is 31.4 Å². The molecule has 0 saturated heterocycles. The number of aryl methyl sites for hydroxylation is 2. The van der Waals surface area contributed by atoms with Crippen LogP contribution in [-0.4, -0.2) is 27.0 Å². The van der Waals surface area contributed by atoms with E-state index in [9.17, 15) is 5.11 Å². The lowest BCUT2D eigenvalue weighted by Crippen LogP contribution is -2.41. The molecule has 1 heterocycles. The van der Waals surface area contributed by atoms with Gasteiger partial charge in [0.1, 0.15) is 0 Å². The normalized spacial score (nSPS) is 21.1. The zero-order valence-electron chi connectivity index (χ0n) is 12.4. The molecule has 1 aliphatic carbocycles. The van der Waals surface area contributed by atoms with Crippen molar-refractivity contribution in [2.75, 3.05) is 6.54 Å². The minimum Gasteiger partial charge on any atom is -0.389 e. The third-order valence-corrected chi connectivity index (χ3v) is 4.29. The molecule has 1 aromatic heterocycles. The summed E-state index contributed by atoms with van der Waals surface area (Å²) in [5.41, 5.74) is 1.77. The predicted octanol–water partition coefficient (Wildman–Crippen LogP) is 2.46. The van der Waals surface area contributed by atoms with Crippen LogP contribution in [0.15, 0.2) is 6.20 Å². The molecule has 1 aromatic rings. The van der Waals surface area contributed by atoms with Crippen molar-refractivity contribution in [3.8, 4) is 0 Å². The van der Waals surface area contributed by atoms with Gasteiger partial charge in [0.05, 0.1) is 11.3 Å². The average Bonchev–Trinajstić information content (AvgIpc) is 2.58. The van der Waals surface area contributed by atoms with Gasteiger partial charge in [-0.25, -0.2) is 0 Å². The molecule has 4 heteroatoms. The van der Waals surface area contributed by atoms with Gasteiger partial charge in [-0.05, 0) is 26.7 Å². The van der Waals surface area contributed by atoms with Gasteiger partial charge in [0.25, 0.3) is 0 Å². The lowest BCUT2D eigenvalue weighted by Gasteiger charge is -2.28. The number of hydrogen-bond acceptors (Lipinski definition) is 3. The largest absolute Gasteiger partial charge is 0.389 e. The third kappa shape index (κ3) is 3.80. The topological polar surface area (TPSA) is 50.1 Å². The van der Waals surface area contributed by atoms with Crippen molar-refractivity contribution in [2.24, 2.45) is 7.05 Å². The van der Waals surface area contributed by atoms with Crippen LogP contribution in [0.5, 0.6) is 0 Å². The van der Waals surface area contributed by atoms with Crippen LogP contribution in [0.4, 0.5) is 0 Å². The second kappa shape index (κ2) is 6.06. The molecule has 4 nitrogen and oxygen atoms in total. The Hall–Kier alpha value is -0.870. The van der Waals surface area contributed by atoms with E-state index < -0.39 is 5.60 Å². The number of nitrogens with zero attached hydrogens (tertiary/aromatic N) is 2. The monoisotopic (exact) mass is 265 g/mol. The van der Waals surface area contributed by atoms with E-state index in [1.807, 2.05) is 18.7 Å². The summed E-state index contributed by atoms with van der Waals surface area (Å²) in [6, 6.07) is 0.237. The summed E-state index contributed by atoms with van der Waals surface area (Å²) in [5.74, 6) is 0. The first-order chi connectivity index (χ1) is 9.00. The van der Waals surface area contributed by atoms with E-state index in [1.165, 1.54) is 18.4 Å². The van der Waals surface area contributed by atoms with Crippen LogP contribution in [0.3, 0.4) is 0 Å². The molecule has 0 radical (unpaired) electrons. The molecular weight excluding hydrogens is 238 g/mol. The zero-order valence-corrected chi connectivity index (χ0v) is 12.4. The van der Waals surface area contributed by atoms with Crippen molar-refractivity contribution >= 4 is 0 Å². The molecule has 1 fully saturated rings. The van der Waals surface area contributed by atoms with Gasteiger partial charge in [-0.1, -0.05) is 25.7 Å². The van der Waals surface area contributed by atoms with Crippen molar-refractivity contribution in [3.63, 3.8) is 0 Å². The minimum atomic E-state index is -0.513. The fourth-order valence-corrected chi connectivity index (χ4v) is 3.06. The maximum absolute atomic E-state index is 10.6. The molecule has 1 unspecified atom stereocenters. The van der Waals surface area contributed by atoms with Gasteiger partial charge in [0.2, 0.25) is 0 Å². The molecule has 2 rings (SSSR count). The molecule has 1 atom stereocenters. The predicted molar refractivity (Wildman–Crippen MR) is 77.0 cm³/mol. The lowest BCUT2D eigenvalue weighted by atomic mass is 9.94. The second-order valence-corrected chi connectivity index (χ2v) is 6.08. The zero-order chi connectivity index (χ0) is 13.9. The minimum absolute atomic E-state index is 0.237. The molecule has 1 saturated carbocycles. The van der Waals surface area contributed by atoms with Crippen LogP contribution in [0, 0.1) is 6.92 Å². The first kappa shape index (κ1) is 14.5. The van der Waals surface area contributed by atoms with Gasteiger partial charge in [0.15, 0.2) is 0 Å². The summed E-state index contributed by atoms with van der Waals surface area (Å²) >= 11 is 0. The van der Waals surface area contributed by atoms with Crippen molar-refractivity contribution < 1.29 is 5.11 Å². The molecule has 19 heavy (non-hydrogen) atoms. The second-order valence-electron chi connectivity index (χ2n) is 6.08. The number of hydrogen-bond donors (Lipinski definition) is 2. The first-order valence-corrected chi connectivity index (χ1v) is 7.46. The standard InChI is InChI=1S/C15H27N3O/c1-12(14-10-18(3)17-13(14)2)16-11-15(19)8-6-4-5-7-9-15/h10,12,16,19H,4-9,11H2,1-3H3. The molecule has 0 spiro atoms. The van der Waals surface area contributed by atoms with E-state index in [-0.39, 0.29) is 6.04 Å². The molecular formula is C15H27N3O. The average molecular weight is 265 g/mol. The molecule has 2 N–H and O–H groups in total. The van der Waals surface area contributed by atoms with Crippen LogP contribution in [0.25, 0.3) is 0 Å².